The molecule has 5 N–H and O–H groups in total. The molecule has 1 fully saturated rings. The number of primary amides is 1. The van der Waals surface area contributed by atoms with E-state index in [4.69, 9.17) is 49.2 Å². The molecule has 3 rings (SSSR count). The van der Waals surface area contributed by atoms with Crippen LogP contribution in [-0.4, -0.2) is 35.4 Å². The molecular weight excluding hydrogens is 497 g/mol. The number of carbonyl (C=O) groups excluding carboxylic acids is 2. The van der Waals surface area contributed by atoms with Crippen LogP contribution in [0.2, 0.25) is 10.0 Å². The zero-order valence-corrected chi connectivity index (χ0v) is 20.6. The predicted octanol–water partition coefficient (Wildman–Crippen LogP) is 5.33. The van der Waals surface area contributed by atoms with E-state index in [2.05, 4.69) is 0 Å². The molecule has 0 aliphatic heterocycles. The van der Waals surface area contributed by atoms with E-state index in [0.29, 0.717) is 46.4 Å². The van der Waals surface area contributed by atoms with Gasteiger partial charge in [0.2, 0.25) is 0 Å². The van der Waals surface area contributed by atoms with Crippen molar-refractivity contribution in [1.82, 2.24) is 0 Å². The zero-order chi connectivity index (χ0) is 25.8. The summed E-state index contributed by atoms with van der Waals surface area (Å²) in [6, 6.07) is 10.5. The van der Waals surface area contributed by atoms with Gasteiger partial charge in [-0.3, -0.25) is 15.4 Å². The minimum absolute atomic E-state index is 0.0568. The van der Waals surface area contributed by atoms with Gasteiger partial charge in [-0.2, -0.15) is 0 Å². The lowest BCUT2D eigenvalue weighted by Gasteiger charge is -2.39. The largest absolute Gasteiger partial charge is 0.507 e. The van der Waals surface area contributed by atoms with Gasteiger partial charge in [-0.25, -0.2) is 9.59 Å². The molecule has 0 bridgehead atoms. The molecular formula is C24H27Cl2N3O6. The molecule has 3 atom stereocenters. The van der Waals surface area contributed by atoms with Crippen molar-refractivity contribution in [3.8, 4) is 5.75 Å². The van der Waals surface area contributed by atoms with Crippen LogP contribution in [0, 0.1) is 11.8 Å². The first kappa shape index (κ1) is 26.6. The third-order valence-electron chi connectivity index (χ3n) is 5.93. The van der Waals surface area contributed by atoms with Crippen molar-refractivity contribution >= 4 is 52.5 Å². The third kappa shape index (κ3) is 6.56. The predicted molar refractivity (Wildman–Crippen MR) is 132 cm³/mol. The number of rotatable bonds is 8. The Hall–Kier alpha value is -3.01. The van der Waals surface area contributed by atoms with Crippen LogP contribution in [0.25, 0.3) is 0 Å². The lowest BCUT2D eigenvalue weighted by atomic mass is 9.76. The Bertz CT molecular complexity index is 1080. The maximum Gasteiger partial charge on any atom is 0.507 e. The number of carboxylic acid groups (broad SMARTS) is 1. The number of urea groups is 1. The average Bonchev–Trinajstić information content (AvgIpc) is 2.76. The summed E-state index contributed by atoms with van der Waals surface area (Å²) in [5, 5.41) is 9.74. The van der Waals surface area contributed by atoms with E-state index in [1.165, 1.54) is 4.90 Å². The van der Waals surface area contributed by atoms with Gasteiger partial charge in [0, 0.05) is 22.4 Å². The van der Waals surface area contributed by atoms with Crippen molar-refractivity contribution < 1.29 is 29.0 Å². The number of nitrogens with zero attached hydrogens (tertiary/aromatic N) is 1. The monoisotopic (exact) mass is 523 g/mol. The molecule has 0 spiro atoms. The Morgan fingerprint density at radius 1 is 1.11 bits per heavy atom. The summed E-state index contributed by atoms with van der Waals surface area (Å²) in [6.07, 6.45) is 0.703. The number of benzene rings is 2. The molecule has 2 aromatic carbocycles. The first-order valence-electron chi connectivity index (χ1n) is 11.0. The molecule has 0 heterocycles. The molecule has 1 aliphatic rings. The van der Waals surface area contributed by atoms with Gasteiger partial charge in [0.15, 0.2) is 5.72 Å². The van der Waals surface area contributed by atoms with Gasteiger partial charge in [0.25, 0.3) is 0 Å². The highest BCUT2D eigenvalue weighted by molar-refractivity contribution is 6.35. The standard InChI is InChI=1S/C24H27Cl2N3O6/c1-14(21(30)20-4-2-3-9-24(20,28)35-23(32)33)13-34-19-7-5-17(6-8-19)29(22(27)31)18-11-15(25)10-16(26)12-18/h5-8,10-12,14,20H,2-4,9,13,28H2,1H3,(H2,27,31)(H,32,33). The van der Waals surface area contributed by atoms with Crippen LogP contribution >= 0.6 is 23.2 Å². The molecule has 2 amide bonds. The lowest BCUT2D eigenvalue weighted by molar-refractivity contribution is -0.142. The molecule has 0 saturated heterocycles. The second-order valence-electron chi connectivity index (χ2n) is 8.53. The quantitative estimate of drug-likeness (QED) is 0.312. The molecule has 1 aliphatic carbocycles. The number of carbonyl (C=O) groups is 3. The average molecular weight is 524 g/mol. The summed E-state index contributed by atoms with van der Waals surface area (Å²) >= 11 is 12.1. The third-order valence-corrected chi connectivity index (χ3v) is 6.36. The van der Waals surface area contributed by atoms with Crippen LogP contribution in [0.1, 0.15) is 32.6 Å². The van der Waals surface area contributed by atoms with E-state index in [1.54, 1.807) is 49.4 Å². The highest BCUT2D eigenvalue weighted by Gasteiger charge is 2.46. The first-order valence-corrected chi connectivity index (χ1v) is 11.8. The molecule has 0 radical (unpaired) electrons. The topological polar surface area (TPSA) is 145 Å². The summed E-state index contributed by atoms with van der Waals surface area (Å²) in [7, 11) is 0. The van der Waals surface area contributed by atoms with Crippen molar-refractivity contribution in [1.29, 1.82) is 0 Å². The Morgan fingerprint density at radius 3 is 2.31 bits per heavy atom. The van der Waals surface area contributed by atoms with E-state index in [1.807, 2.05) is 0 Å². The summed E-state index contributed by atoms with van der Waals surface area (Å²) in [6.45, 7) is 1.76. The number of hydrogen-bond acceptors (Lipinski definition) is 6. The number of nitrogens with two attached hydrogens (primary N) is 2. The van der Waals surface area contributed by atoms with Gasteiger partial charge in [0.05, 0.1) is 23.9 Å². The fourth-order valence-electron chi connectivity index (χ4n) is 4.25. The number of hydrogen-bond donors (Lipinski definition) is 3. The van der Waals surface area contributed by atoms with Crippen molar-refractivity contribution in [3.05, 3.63) is 52.5 Å². The van der Waals surface area contributed by atoms with Crippen molar-refractivity contribution in [3.63, 3.8) is 0 Å². The maximum atomic E-state index is 13.0. The Balaban J connectivity index is 1.67. The Kier molecular flexibility index (Phi) is 8.47. The fraction of sp³-hybridized carbons (Fsp3) is 0.375. The highest BCUT2D eigenvalue weighted by Crippen LogP contribution is 2.36. The number of ether oxygens (including phenoxy) is 2. The molecule has 11 heteroatoms. The molecule has 9 nitrogen and oxygen atoms in total. The van der Waals surface area contributed by atoms with Crippen LogP contribution in [-0.2, 0) is 9.53 Å². The first-order chi connectivity index (χ1) is 16.5. The summed E-state index contributed by atoms with van der Waals surface area (Å²) in [4.78, 5) is 37.5. The molecule has 35 heavy (non-hydrogen) atoms. The van der Waals surface area contributed by atoms with Crippen LogP contribution in [0.4, 0.5) is 21.0 Å². The van der Waals surface area contributed by atoms with E-state index >= 15 is 0 Å². The van der Waals surface area contributed by atoms with Gasteiger partial charge >= 0.3 is 12.2 Å². The number of ketones is 1. The van der Waals surface area contributed by atoms with Gasteiger partial charge in [-0.05, 0) is 55.3 Å². The van der Waals surface area contributed by atoms with Crippen molar-refractivity contribution in [2.75, 3.05) is 11.5 Å². The van der Waals surface area contributed by atoms with E-state index < -0.39 is 29.7 Å². The maximum absolute atomic E-state index is 13.0. The number of halogens is 2. The van der Waals surface area contributed by atoms with Crippen molar-refractivity contribution in [2.24, 2.45) is 23.3 Å². The molecule has 1 saturated carbocycles. The second kappa shape index (κ2) is 11.2. The summed E-state index contributed by atoms with van der Waals surface area (Å²) in [5.74, 6) is -1.02. The minimum atomic E-state index is -1.53. The van der Waals surface area contributed by atoms with E-state index in [9.17, 15) is 14.4 Å². The number of Topliss-reactive ketones (excluding diaryl/α,β-unsaturated/α-hetero) is 1. The molecule has 188 valence electrons. The van der Waals surface area contributed by atoms with Gasteiger partial charge in [0.1, 0.15) is 11.5 Å². The Morgan fingerprint density at radius 2 is 1.74 bits per heavy atom. The lowest BCUT2D eigenvalue weighted by Crippen LogP contribution is -2.56. The normalized spacial score (nSPS) is 20.5. The zero-order valence-electron chi connectivity index (χ0n) is 19.1. The highest BCUT2D eigenvalue weighted by atomic mass is 35.5. The second-order valence-corrected chi connectivity index (χ2v) is 9.40. The number of anilines is 2. The fourth-order valence-corrected chi connectivity index (χ4v) is 4.76. The van der Waals surface area contributed by atoms with Gasteiger partial charge < -0.3 is 20.3 Å². The number of amides is 2. The molecule has 2 aromatic rings. The molecule has 0 aromatic heterocycles. The van der Waals surface area contributed by atoms with Crippen LogP contribution in [0.5, 0.6) is 5.75 Å². The molecule has 3 unspecified atom stereocenters. The van der Waals surface area contributed by atoms with E-state index in [0.717, 1.165) is 6.42 Å². The smallest absolute Gasteiger partial charge is 0.493 e. The van der Waals surface area contributed by atoms with E-state index in [-0.39, 0.29) is 12.4 Å². The van der Waals surface area contributed by atoms with Crippen LogP contribution < -0.4 is 21.1 Å². The Labute approximate surface area is 212 Å². The summed E-state index contributed by atoms with van der Waals surface area (Å²) in [5.41, 5.74) is 11.1. The van der Waals surface area contributed by atoms with Gasteiger partial charge in [-0.15, -0.1) is 0 Å². The van der Waals surface area contributed by atoms with Crippen LogP contribution in [0.15, 0.2) is 42.5 Å². The minimum Gasteiger partial charge on any atom is -0.493 e. The van der Waals surface area contributed by atoms with Crippen molar-refractivity contribution in [2.45, 2.75) is 38.3 Å². The summed E-state index contributed by atoms with van der Waals surface area (Å²) < 4.78 is 10.7. The van der Waals surface area contributed by atoms with Gasteiger partial charge in [-0.1, -0.05) is 36.5 Å². The SMILES string of the molecule is CC(COc1ccc(N(C(N)=O)c2cc(Cl)cc(Cl)c2)cc1)C(=O)C1CCCCC1(N)OC(=O)O. The van der Waals surface area contributed by atoms with Crippen LogP contribution in [0.3, 0.4) is 0 Å².